The molecule has 0 saturated heterocycles. The quantitative estimate of drug-likeness (QED) is 0.728. The average molecular weight is 370 g/mol. The normalized spacial score (nSPS) is 10.0. The van der Waals surface area contributed by atoms with Gasteiger partial charge in [-0.05, 0) is 29.7 Å². The van der Waals surface area contributed by atoms with Crippen LogP contribution in [-0.2, 0) is 27.3 Å². The third kappa shape index (κ3) is 6.81. The van der Waals surface area contributed by atoms with Gasteiger partial charge in [0.05, 0.1) is 13.5 Å². The van der Waals surface area contributed by atoms with Gasteiger partial charge in [-0.15, -0.1) is 0 Å². The molecule has 0 aliphatic carbocycles. The van der Waals surface area contributed by atoms with Crippen LogP contribution in [0.15, 0.2) is 48.5 Å². The summed E-state index contributed by atoms with van der Waals surface area (Å²) in [6, 6.07) is 14.0. The number of hydrogen-bond acceptors (Lipinski definition) is 5. The third-order valence-corrected chi connectivity index (χ3v) is 3.73. The molecule has 0 aliphatic heterocycles. The van der Waals surface area contributed by atoms with E-state index in [-0.39, 0.29) is 13.0 Å². The number of amides is 3. The SMILES string of the molecule is COc1cc(CC(=O)OCC(=O)NC(=O)NCc2ccccc2)ccc1C. The molecule has 3 amide bonds. The Balaban J connectivity index is 1.71. The van der Waals surface area contributed by atoms with Crippen molar-refractivity contribution in [1.82, 2.24) is 10.6 Å². The van der Waals surface area contributed by atoms with E-state index in [0.29, 0.717) is 11.3 Å². The number of esters is 1. The predicted octanol–water partition coefficient (Wildman–Crippen LogP) is 2.12. The van der Waals surface area contributed by atoms with Gasteiger partial charge in [-0.2, -0.15) is 0 Å². The molecule has 0 radical (unpaired) electrons. The molecular weight excluding hydrogens is 348 g/mol. The monoisotopic (exact) mass is 370 g/mol. The lowest BCUT2D eigenvalue weighted by Crippen LogP contribution is -2.41. The highest BCUT2D eigenvalue weighted by atomic mass is 16.5. The first-order chi connectivity index (χ1) is 13.0. The summed E-state index contributed by atoms with van der Waals surface area (Å²) in [7, 11) is 1.55. The maximum absolute atomic E-state index is 11.9. The molecule has 0 saturated carbocycles. The first kappa shape index (κ1) is 20.0. The summed E-state index contributed by atoms with van der Waals surface area (Å²) < 4.78 is 10.1. The molecule has 7 nitrogen and oxygen atoms in total. The van der Waals surface area contributed by atoms with Crippen LogP contribution in [0, 0.1) is 6.92 Å². The van der Waals surface area contributed by atoms with Crippen LogP contribution in [0.5, 0.6) is 5.75 Å². The molecule has 2 aromatic rings. The van der Waals surface area contributed by atoms with Crippen LogP contribution < -0.4 is 15.4 Å². The molecule has 0 heterocycles. The van der Waals surface area contributed by atoms with Gasteiger partial charge in [0, 0.05) is 6.54 Å². The Morgan fingerprint density at radius 1 is 1.00 bits per heavy atom. The Labute approximate surface area is 157 Å². The van der Waals surface area contributed by atoms with Crippen LogP contribution >= 0.6 is 0 Å². The third-order valence-electron chi connectivity index (χ3n) is 3.73. The van der Waals surface area contributed by atoms with Crippen molar-refractivity contribution in [2.24, 2.45) is 0 Å². The molecule has 0 bridgehead atoms. The Kier molecular flexibility index (Phi) is 7.37. The Hall–Kier alpha value is -3.35. The molecule has 27 heavy (non-hydrogen) atoms. The number of ether oxygens (including phenoxy) is 2. The summed E-state index contributed by atoms with van der Waals surface area (Å²) in [5, 5.41) is 4.66. The fourth-order valence-corrected chi connectivity index (χ4v) is 2.32. The highest BCUT2D eigenvalue weighted by molar-refractivity contribution is 5.95. The van der Waals surface area contributed by atoms with Crippen molar-refractivity contribution in [2.45, 2.75) is 19.9 Å². The molecule has 0 aromatic heterocycles. The second-order valence-corrected chi connectivity index (χ2v) is 5.86. The predicted molar refractivity (Wildman–Crippen MR) is 99.2 cm³/mol. The molecule has 0 unspecified atom stereocenters. The molecule has 2 rings (SSSR count). The minimum atomic E-state index is -0.699. The van der Waals surface area contributed by atoms with Gasteiger partial charge in [-0.1, -0.05) is 42.5 Å². The van der Waals surface area contributed by atoms with Gasteiger partial charge < -0.3 is 14.8 Å². The van der Waals surface area contributed by atoms with E-state index in [9.17, 15) is 14.4 Å². The van der Waals surface area contributed by atoms with Crippen molar-refractivity contribution in [3.05, 3.63) is 65.2 Å². The lowest BCUT2D eigenvalue weighted by molar-refractivity contribution is -0.147. The van der Waals surface area contributed by atoms with Gasteiger partial charge in [0.15, 0.2) is 6.61 Å². The molecule has 142 valence electrons. The second kappa shape index (κ2) is 9.96. The smallest absolute Gasteiger partial charge is 0.321 e. The molecule has 0 spiro atoms. The van der Waals surface area contributed by atoms with E-state index in [4.69, 9.17) is 9.47 Å². The number of hydrogen-bond donors (Lipinski definition) is 2. The van der Waals surface area contributed by atoms with Gasteiger partial charge in [0.25, 0.3) is 5.91 Å². The Morgan fingerprint density at radius 3 is 2.44 bits per heavy atom. The van der Waals surface area contributed by atoms with Crippen molar-refractivity contribution in [3.8, 4) is 5.75 Å². The number of methoxy groups -OCH3 is 1. The van der Waals surface area contributed by atoms with Crippen LogP contribution in [0.3, 0.4) is 0 Å². The van der Waals surface area contributed by atoms with Gasteiger partial charge in [0.2, 0.25) is 0 Å². The summed E-state index contributed by atoms with van der Waals surface area (Å²) >= 11 is 0. The Bertz CT molecular complexity index is 805. The highest BCUT2D eigenvalue weighted by Gasteiger charge is 2.12. The van der Waals surface area contributed by atoms with E-state index in [1.54, 1.807) is 19.2 Å². The highest BCUT2D eigenvalue weighted by Crippen LogP contribution is 2.19. The zero-order valence-corrected chi connectivity index (χ0v) is 15.3. The number of rotatable bonds is 7. The van der Waals surface area contributed by atoms with Crippen molar-refractivity contribution in [2.75, 3.05) is 13.7 Å². The van der Waals surface area contributed by atoms with Crippen LogP contribution in [0.25, 0.3) is 0 Å². The Morgan fingerprint density at radius 2 is 1.74 bits per heavy atom. The number of carbonyl (C=O) groups excluding carboxylic acids is 3. The molecule has 2 N–H and O–H groups in total. The van der Waals surface area contributed by atoms with E-state index in [0.717, 1.165) is 11.1 Å². The largest absolute Gasteiger partial charge is 0.496 e. The molecule has 2 aromatic carbocycles. The van der Waals surface area contributed by atoms with Gasteiger partial charge in [-0.3, -0.25) is 14.9 Å². The average Bonchev–Trinajstić information content (AvgIpc) is 2.67. The van der Waals surface area contributed by atoms with Gasteiger partial charge in [0.1, 0.15) is 5.75 Å². The molecular formula is C20H22N2O5. The van der Waals surface area contributed by atoms with Crippen LogP contribution in [-0.4, -0.2) is 31.6 Å². The second-order valence-electron chi connectivity index (χ2n) is 5.86. The van der Waals surface area contributed by atoms with E-state index >= 15 is 0 Å². The van der Waals surface area contributed by atoms with Crippen molar-refractivity contribution < 1.29 is 23.9 Å². The lowest BCUT2D eigenvalue weighted by Gasteiger charge is -2.09. The fraction of sp³-hybridized carbons (Fsp3) is 0.250. The molecule has 0 fully saturated rings. The fourth-order valence-electron chi connectivity index (χ4n) is 2.32. The van der Waals surface area contributed by atoms with Crippen LogP contribution in [0.2, 0.25) is 0 Å². The zero-order valence-electron chi connectivity index (χ0n) is 15.3. The van der Waals surface area contributed by atoms with E-state index in [1.807, 2.05) is 43.3 Å². The molecule has 0 aliphatic rings. The number of imide groups is 1. The number of benzene rings is 2. The molecule has 0 atom stereocenters. The maximum Gasteiger partial charge on any atom is 0.321 e. The summed E-state index contributed by atoms with van der Waals surface area (Å²) in [5.41, 5.74) is 2.57. The first-order valence-electron chi connectivity index (χ1n) is 8.38. The number of urea groups is 1. The van der Waals surface area contributed by atoms with E-state index < -0.39 is 24.5 Å². The summed E-state index contributed by atoms with van der Waals surface area (Å²) in [5.74, 6) is -0.593. The van der Waals surface area contributed by atoms with Crippen LogP contribution in [0.1, 0.15) is 16.7 Å². The van der Waals surface area contributed by atoms with E-state index in [2.05, 4.69) is 10.6 Å². The van der Waals surface area contributed by atoms with Gasteiger partial charge in [-0.25, -0.2) is 4.79 Å². The standard InChI is InChI=1S/C20H22N2O5/c1-14-8-9-16(10-17(14)26-2)11-19(24)27-13-18(23)22-20(25)21-12-15-6-4-3-5-7-15/h3-10H,11-13H2,1-2H3,(H2,21,22,23,25). The zero-order chi connectivity index (χ0) is 19.6. The lowest BCUT2D eigenvalue weighted by atomic mass is 10.1. The minimum absolute atomic E-state index is 0.00409. The maximum atomic E-state index is 11.9. The van der Waals surface area contributed by atoms with Crippen molar-refractivity contribution in [1.29, 1.82) is 0 Å². The molecule has 7 heteroatoms. The number of carbonyl (C=O) groups is 3. The van der Waals surface area contributed by atoms with Crippen LogP contribution in [0.4, 0.5) is 4.79 Å². The van der Waals surface area contributed by atoms with Crippen molar-refractivity contribution in [3.63, 3.8) is 0 Å². The summed E-state index contributed by atoms with van der Waals surface area (Å²) in [6.07, 6.45) is 0.00409. The number of nitrogens with one attached hydrogen (secondary N) is 2. The van der Waals surface area contributed by atoms with Gasteiger partial charge >= 0.3 is 12.0 Å². The summed E-state index contributed by atoms with van der Waals surface area (Å²) in [6.45, 7) is 1.66. The van der Waals surface area contributed by atoms with Crippen molar-refractivity contribution >= 4 is 17.9 Å². The van der Waals surface area contributed by atoms with E-state index in [1.165, 1.54) is 0 Å². The first-order valence-corrected chi connectivity index (χ1v) is 8.38. The summed E-state index contributed by atoms with van der Waals surface area (Å²) in [4.78, 5) is 35.2. The minimum Gasteiger partial charge on any atom is -0.496 e. The topological polar surface area (TPSA) is 93.7 Å². The number of aryl methyl sites for hydroxylation is 1.